The maximum atomic E-state index is 5.22. The van der Waals surface area contributed by atoms with Gasteiger partial charge in [-0.05, 0) is 35.8 Å². The van der Waals surface area contributed by atoms with Gasteiger partial charge in [0.1, 0.15) is 0 Å². The lowest BCUT2D eigenvalue weighted by Crippen LogP contribution is -2.31. The first kappa shape index (κ1) is 9.22. The minimum Gasteiger partial charge on any atom is -0.380 e. The van der Waals surface area contributed by atoms with E-state index in [0.29, 0.717) is 0 Å². The van der Waals surface area contributed by atoms with Crippen molar-refractivity contribution in [1.29, 1.82) is 0 Å². The van der Waals surface area contributed by atoms with Gasteiger partial charge in [-0.3, -0.25) is 0 Å². The fraction of sp³-hybridized carbons (Fsp3) is 0.818. The number of ether oxygens (including phenoxy) is 2. The monoisotopic (exact) mass is 182 g/mol. The Balaban J connectivity index is 2.07. The van der Waals surface area contributed by atoms with Crippen LogP contribution < -0.4 is 0 Å². The highest BCUT2D eigenvalue weighted by Crippen LogP contribution is 2.51. The summed E-state index contributed by atoms with van der Waals surface area (Å²) in [7, 11) is 3.55. The first-order valence-corrected chi connectivity index (χ1v) is 5.08. The number of hydrogen-bond acceptors (Lipinski definition) is 2. The lowest BCUT2D eigenvalue weighted by Gasteiger charge is -2.37. The molecule has 13 heavy (non-hydrogen) atoms. The van der Waals surface area contributed by atoms with Crippen molar-refractivity contribution in [1.82, 2.24) is 0 Å². The molecule has 0 heterocycles. The van der Waals surface area contributed by atoms with E-state index in [4.69, 9.17) is 9.47 Å². The summed E-state index contributed by atoms with van der Waals surface area (Å²) in [5.74, 6) is 1.68. The van der Waals surface area contributed by atoms with Gasteiger partial charge in [0.2, 0.25) is 0 Å². The second kappa shape index (κ2) is 3.81. The molecule has 0 aromatic rings. The van der Waals surface area contributed by atoms with Gasteiger partial charge < -0.3 is 9.47 Å². The number of hydrogen-bond donors (Lipinski definition) is 0. The molecule has 0 radical (unpaired) electrons. The van der Waals surface area contributed by atoms with Crippen molar-refractivity contribution >= 4 is 0 Å². The van der Waals surface area contributed by atoms with Gasteiger partial charge in [0.15, 0.2) is 0 Å². The SMILES string of the molecule is COCC1=C(COC)[C@@H]2CCC[C@H]12. The van der Waals surface area contributed by atoms with Crippen molar-refractivity contribution in [2.45, 2.75) is 19.3 Å². The smallest absolute Gasteiger partial charge is 0.0679 e. The molecule has 0 bridgehead atoms. The third kappa shape index (κ3) is 1.42. The first-order valence-electron chi connectivity index (χ1n) is 5.08. The maximum Gasteiger partial charge on any atom is 0.0679 e. The van der Waals surface area contributed by atoms with E-state index >= 15 is 0 Å². The highest BCUT2D eigenvalue weighted by atomic mass is 16.5. The first-order chi connectivity index (χ1) is 6.38. The molecule has 0 unspecified atom stereocenters. The molecule has 2 atom stereocenters. The van der Waals surface area contributed by atoms with Crippen LogP contribution in [-0.2, 0) is 9.47 Å². The van der Waals surface area contributed by atoms with Gasteiger partial charge in [-0.25, -0.2) is 0 Å². The van der Waals surface area contributed by atoms with Crippen LogP contribution in [0.15, 0.2) is 11.1 Å². The van der Waals surface area contributed by atoms with Crippen LogP contribution in [0.3, 0.4) is 0 Å². The zero-order valence-electron chi connectivity index (χ0n) is 8.51. The van der Waals surface area contributed by atoms with E-state index in [0.717, 1.165) is 25.0 Å². The molecule has 1 saturated carbocycles. The van der Waals surface area contributed by atoms with Gasteiger partial charge in [0.25, 0.3) is 0 Å². The molecule has 0 aromatic heterocycles. The van der Waals surface area contributed by atoms with Crippen molar-refractivity contribution in [2.24, 2.45) is 11.8 Å². The number of fused-ring (bicyclic) bond motifs is 1. The zero-order chi connectivity index (χ0) is 9.26. The van der Waals surface area contributed by atoms with Gasteiger partial charge in [0, 0.05) is 14.2 Å². The van der Waals surface area contributed by atoms with Crippen LogP contribution in [0.25, 0.3) is 0 Å². The highest BCUT2D eigenvalue weighted by molar-refractivity contribution is 5.35. The van der Waals surface area contributed by atoms with Crippen LogP contribution >= 0.6 is 0 Å². The summed E-state index contributed by atoms with van der Waals surface area (Å²) in [6.45, 7) is 1.64. The van der Waals surface area contributed by atoms with E-state index in [1.54, 1.807) is 14.2 Å². The summed E-state index contributed by atoms with van der Waals surface area (Å²) in [5, 5.41) is 0. The Labute approximate surface area is 79.9 Å². The Morgan fingerprint density at radius 1 is 1.00 bits per heavy atom. The van der Waals surface area contributed by atoms with Crippen molar-refractivity contribution in [3.05, 3.63) is 11.1 Å². The van der Waals surface area contributed by atoms with Gasteiger partial charge in [-0.15, -0.1) is 0 Å². The Hall–Kier alpha value is -0.340. The lowest BCUT2D eigenvalue weighted by atomic mass is 9.70. The topological polar surface area (TPSA) is 18.5 Å². The second-order valence-electron chi connectivity index (χ2n) is 4.06. The molecule has 2 aliphatic carbocycles. The van der Waals surface area contributed by atoms with Gasteiger partial charge >= 0.3 is 0 Å². The standard InChI is InChI=1S/C11H18O2/c1-12-6-10-8-4-3-5-9(8)11(10)7-13-2/h8-9H,3-7H2,1-2H3/t8-,9+. The molecule has 0 saturated heterocycles. The quantitative estimate of drug-likeness (QED) is 0.619. The molecule has 0 amide bonds. The minimum absolute atomic E-state index is 0.819. The largest absolute Gasteiger partial charge is 0.380 e. The fourth-order valence-electron chi connectivity index (χ4n) is 2.88. The Kier molecular flexibility index (Phi) is 2.70. The van der Waals surface area contributed by atoms with Crippen LogP contribution in [0.4, 0.5) is 0 Å². The van der Waals surface area contributed by atoms with Gasteiger partial charge in [-0.2, -0.15) is 0 Å². The van der Waals surface area contributed by atoms with Crippen LogP contribution in [0, 0.1) is 11.8 Å². The zero-order valence-corrected chi connectivity index (χ0v) is 8.51. The molecule has 1 fully saturated rings. The van der Waals surface area contributed by atoms with Crippen molar-refractivity contribution in [3.8, 4) is 0 Å². The molecular weight excluding hydrogens is 164 g/mol. The summed E-state index contributed by atoms with van der Waals surface area (Å²) in [6.07, 6.45) is 4.13. The van der Waals surface area contributed by atoms with E-state index in [1.165, 1.54) is 30.4 Å². The molecule has 2 heteroatoms. The highest BCUT2D eigenvalue weighted by Gasteiger charge is 2.42. The predicted molar refractivity (Wildman–Crippen MR) is 51.6 cm³/mol. The summed E-state index contributed by atoms with van der Waals surface area (Å²) < 4.78 is 10.4. The minimum atomic E-state index is 0.819. The van der Waals surface area contributed by atoms with E-state index in [1.807, 2.05) is 0 Å². The Morgan fingerprint density at radius 3 is 1.85 bits per heavy atom. The molecule has 2 nitrogen and oxygen atoms in total. The molecule has 0 spiro atoms. The van der Waals surface area contributed by atoms with Crippen molar-refractivity contribution in [3.63, 3.8) is 0 Å². The second-order valence-corrected chi connectivity index (χ2v) is 4.06. The third-order valence-electron chi connectivity index (χ3n) is 3.42. The van der Waals surface area contributed by atoms with Crippen molar-refractivity contribution < 1.29 is 9.47 Å². The number of rotatable bonds is 4. The van der Waals surface area contributed by atoms with E-state index < -0.39 is 0 Å². The Morgan fingerprint density at radius 2 is 1.46 bits per heavy atom. The molecule has 74 valence electrons. The third-order valence-corrected chi connectivity index (χ3v) is 3.42. The molecule has 2 aliphatic rings. The summed E-state index contributed by atoms with van der Waals surface area (Å²) in [4.78, 5) is 0. The van der Waals surface area contributed by atoms with E-state index in [2.05, 4.69) is 0 Å². The summed E-state index contributed by atoms with van der Waals surface area (Å²) in [6, 6.07) is 0. The van der Waals surface area contributed by atoms with Crippen LogP contribution in [0.1, 0.15) is 19.3 Å². The van der Waals surface area contributed by atoms with Crippen LogP contribution in [-0.4, -0.2) is 27.4 Å². The summed E-state index contributed by atoms with van der Waals surface area (Å²) in [5.41, 5.74) is 3.07. The predicted octanol–water partition coefficient (Wildman–Crippen LogP) is 2.01. The molecule has 0 aliphatic heterocycles. The number of methoxy groups -OCH3 is 2. The van der Waals surface area contributed by atoms with E-state index in [9.17, 15) is 0 Å². The Bertz CT molecular complexity index is 198. The van der Waals surface area contributed by atoms with Crippen LogP contribution in [0.2, 0.25) is 0 Å². The average Bonchev–Trinajstić information content (AvgIpc) is 2.55. The maximum absolute atomic E-state index is 5.22. The fourth-order valence-corrected chi connectivity index (χ4v) is 2.88. The molecule has 0 aromatic carbocycles. The average molecular weight is 182 g/mol. The molecule has 0 N–H and O–H groups in total. The lowest BCUT2D eigenvalue weighted by molar-refractivity contribution is 0.170. The molecular formula is C11H18O2. The van der Waals surface area contributed by atoms with Gasteiger partial charge in [-0.1, -0.05) is 6.42 Å². The molecule has 2 rings (SSSR count). The van der Waals surface area contributed by atoms with E-state index in [-0.39, 0.29) is 0 Å². The van der Waals surface area contributed by atoms with Crippen molar-refractivity contribution in [2.75, 3.05) is 27.4 Å². The summed E-state index contributed by atoms with van der Waals surface area (Å²) >= 11 is 0. The normalized spacial score (nSPS) is 31.8. The van der Waals surface area contributed by atoms with Crippen LogP contribution in [0.5, 0.6) is 0 Å². The van der Waals surface area contributed by atoms with Gasteiger partial charge in [0.05, 0.1) is 13.2 Å².